The minimum absolute atomic E-state index is 0.00932. The van der Waals surface area contributed by atoms with E-state index in [4.69, 9.17) is 10.5 Å². The van der Waals surface area contributed by atoms with Crippen LogP contribution >= 0.6 is 0 Å². The summed E-state index contributed by atoms with van der Waals surface area (Å²) in [7, 11) is -3.91. The molecular formula is C23H24N2O6S. The average Bonchev–Trinajstić information content (AvgIpc) is 2.79. The van der Waals surface area contributed by atoms with Gasteiger partial charge in [-0.25, -0.2) is 8.42 Å². The third-order valence-corrected chi connectivity index (χ3v) is 6.51. The summed E-state index contributed by atoms with van der Waals surface area (Å²) in [5, 5.41) is 22.9. The summed E-state index contributed by atoms with van der Waals surface area (Å²) < 4.78 is 31.2. The summed E-state index contributed by atoms with van der Waals surface area (Å²) >= 11 is 0. The van der Waals surface area contributed by atoms with Gasteiger partial charge in [-0.05, 0) is 48.0 Å². The fourth-order valence-electron chi connectivity index (χ4n) is 3.00. The van der Waals surface area contributed by atoms with Crippen LogP contribution in [-0.2, 0) is 9.84 Å². The van der Waals surface area contributed by atoms with Gasteiger partial charge in [0.25, 0.3) is 5.91 Å². The SMILES string of the molecule is NC(=O)c1cc(S(=O)(=O)c2ccc(OCCNC[C@H](O)c3ccccc3)cc2)ccc1O. The first kappa shape index (κ1) is 23.3. The molecule has 0 fully saturated rings. The molecular weight excluding hydrogens is 432 g/mol. The Hall–Kier alpha value is -3.40. The lowest BCUT2D eigenvalue weighted by molar-refractivity contribution is 0.0997. The molecule has 3 aromatic carbocycles. The number of primary amides is 1. The first-order valence-electron chi connectivity index (χ1n) is 9.83. The van der Waals surface area contributed by atoms with Crippen LogP contribution < -0.4 is 15.8 Å². The minimum atomic E-state index is -3.91. The van der Waals surface area contributed by atoms with E-state index in [1.165, 1.54) is 30.3 Å². The number of aliphatic hydroxyl groups excluding tert-OH is 1. The number of hydrogen-bond donors (Lipinski definition) is 4. The standard InChI is InChI=1S/C23H24N2O6S/c24-23(28)20-14-19(10-11-21(20)26)32(29,30)18-8-6-17(7-9-18)31-13-12-25-15-22(27)16-4-2-1-3-5-16/h1-11,14,22,25-27H,12-13,15H2,(H2,24,28)/t22-/m0/s1. The molecule has 0 aliphatic carbocycles. The zero-order valence-electron chi connectivity index (χ0n) is 17.1. The maximum absolute atomic E-state index is 12.8. The van der Waals surface area contributed by atoms with Crippen molar-refractivity contribution in [1.29, 1.82) is 0 Å². The summed E-state index contributed by atoms with van der Waals surface area (Å²) in [6, 6.07) is 18.5. The maximum Gasteiger partial charge on any atom is 0.252 e. The molecule has 0 unspecified atom stereocenters. The fraction of sp³-hybridized carbons (Fsp3) is 0.174. The Morgan fingerprint density at radius 3 is 2.31 bits per heavy atom. The van der Waals surface area contributed by atoms with Crippen molar-refractivity contribution in [3.05, 3.63) is 83.9 Å². The Morgan fingerprint density at radius 2 is 1.66 bits per heavy atom. The molecule has 0 spiro atoms. The van der Waals surface area contributed by atoms with Crippen LogP contribution in [0.15, 0.2) is 82.6 Å². The molecule has 0 aromatic heterocycles. The van der Waals surface area contributed by atoms with Crippen molar-refractivity contribution in [3.63, 3.8) is 0 Å². The van der Waals surface area contributed by atoms with Gasteiger partial charge < -0.3 is 26.0 Å². The molecule has 0 aliphatic rings. The average molecular weight is 457 g/mol. The number of aliphatic hydroxyl groups is 1. The lowest BCUT2D eigenvalue weighted by atomic mass is 10.1. The van der Waals surface area contributed by atoms with E-state index in [0.717, 1.165) is 17.7 Å². The Balaban J connectivity index is 1.54. The predicted molar refractivity (Wildman–Crippen MR) is 118 cm³/mol. The highest BCUT2D eigenvalue weighted by atomic mass is 32.2. The zero-order valence-corrected chi connectivity index (χ0v) is 18.0. The smallest absolute Gasteiger partial charge is 0.252 e. The molecule has 9 heteroatoms. The van der Waals surface area contributed by atoms with Gasteiger partial charge in [-0.1, -0.05) is 30.3 Å². The number of nitrogens with two attached hydrogens (primary N) is 1. The van der Waals surface area contributed by atoms with Crippen LogP contribution in [-0.4, -0.2) is 44.2 Å². The minimum Gasteiger partial charge on any atom is -0.507 e. The lowest BCUT2D eigenvalue weighted by Gasteiger charge is -2.13. The van der Waals surface area contributed by atoms with Crippen molar-refractivity contribution in [3.8, 4) is 11.5 Å². The number of benzene rings is 3. The number of rotatable bonds is 10. The van der Waals surface area contributed by atoms with Gasteiger partial charge in [0.15, 0.2) is 0 Å². The van der Waals surface area contributed by atoms with E-state index in [2.05, 4.69) is 5.32 Å². The molecule has 0 heterocycles. The molecule has 168 valence electrons. The third-order valence-electron chi connectivity index (χ3n) is 4.75. The number of sulfone groups is 1. The highest BCUT2D eigenvalue weighted by Crippen LogP contribution is 2.27. The zero-order chi connectivity index (χ0) is 23.1. The summed E-state index contributed by atoms with van der Waals surface area (Å²) in [5.41, 5.74) is 5.73. The van der Waals surface area contributed by atoms with Gasteiger partial charge in [0.2, 0.25) is 9.84 Å². The molecule has 1 atom stereocenters. The Kier molecular flexibility index (Phi) is 7.47. The van der Waals surface area contributed by atoms with Gasteiger partial charge in [-0.3, -0.25) is 4.79 Å². The van der Waals surface area contributed by atoms with E-state index in [9.17, 15) is 23.4 Å². The van der Waals surface area contributed by atoms with Crippen LogP contribution in [0.4, 0.5) is 0 Å². The first-order valence-corrected chi connectivity index (χ1v) is 11.3. The largest absolute Gasteiger partial charge is 0.507 e. The van der Waals surface area contributed by atoms with E-state index >= 15 is 0 Å². The van der Waals surface area contributed by atoms with Crippen molar-refractivity contribution in [2.75, 3.05) is 19.7 Å². The Bertz CT molecular complexity index is 1160. The molecule has 3 aromatic rings. The van der Waals surface area contributed by atoms with Crippen LogP contribution in [0.25, 0.3) is 0 Å². The molecule has 0 saturated carbocycles. The third kappa shape index (κ3) is 5.64. The first-order chi connectivity index (χ1) is 15.3. The molecule has 5 N–H and O–H groups in total. The second kappa shape index (κ2) is 10.3. The second-order valence-corrected chi connectivity index (χ2v) is 8.95. The molecule has 0 saturated heterocycles. The van der Waals surface area contributed by atoms with Crippen molar-refractivity contribution >= 4 is 15.7 Å². The van der Waals surface area contributed by atoms with E-state index in [-0.39, 0.29) is 21.1 Å². The Labute approximate surface area is 186 Å². The van der Waals surface area contributed by atoms with Gasteiger partial charge >= 0.3 is 0 Å². The number of aromatic hydroxyl groups is 1. The van der Waals surface area contributed by atoms with Gasteiger partial charge in [-0.15, -0.1) is 0 Å². The van der Waals surface area contributed by atoms with Crippen molar-refractivity contribution < 1.29 is 28.2 Å². The molecule has 3 rings (SSSR count). The second-order valence-electron chi connectivity index (χ2n) is 7.00. The number of phenols is 1. The van der Waals surface area contributed by atoms with Crippen LogP contribution in [0.2, 0.25) is 0 Å². The quantitative estimate of drug-likeness (QED) is 0.342. The molecule has 0 radical (unpaired) electrons. The molecule has 1 amide bonds. The molecule has 8 nitrogen and oxygen atoms in total. The fourth-order valence-corrected chi connectivity index (χ4v) is 4.29. The number of carbonyl (C=O) groups is 1. The van der Waals surface area contributed by atoms with Gasteiger partial charge in [0.1, 0.15) is 18.1 Å². The van der Waals surface area contributed by atoms with E-state index in [0.29, 0.717) is 25.4 Å². The lowest BCUT2D eigenvalue weighted by Crippen LogP contribution is -2.26. The van der Waals surface area contributed by atoms with Gasteiger partial charge in [0.05, 0.1) is 21.5 Å². The number of carbonyl (C=O) groups excluding carboxylic acids is 1. The highest BCUT2D eigenvalue weighted by molar-refractivity contribution is 7.91. The van der Waals surface area contributed by atoms with Crippen molar-refractivity contribution in [2.45, 2.75) is 15.9 Å². The molecule has 32 heavy (non-hydrogen) atoms. The number of hydrogen-bond acceptors (Lipinski definition) is 7. The van der Waals surface area contributed by atoms with Crippen molar-refractivity contribution in [1.82, 2.24) is 5.32 Å². The summed E-state index contributed by atoms with van der Waals surface area (Å²) in [4.78, 5) is 11.2. The van der Waals surface area contributed by atoms with E-state index in [1.54, 1.807) is 0 Å². The summed E-state index contributed by atoms with van der Waals surface area (Å²) in [6.07, 6.45) is -0.615. The number of nitrogens with one attached hydrogen (secondary N) is 1. The monoisotopic (exact) mass is 456 g/mol. The normalized spacial score (nSPS) is 12.3. The summed E-state index contributed by atoms with van der Waals surface area (Å²) in [5.74, 6) is -0.823. The van der Waals surface area contributed by atoms with Crippen LogP contribution in [0.3, 0.4) is 0 Å². The Morgan fingerprint density at radius 1 is 1.00 bits per heavy atom. The van der Waals surface area contributed by atoms with Crippen LogP contribution in [0, 0.1) is 0 Å². The van der Waals surface area contributed by atoms with E-state index < -0.39 is 21.8 Å². The highest BCUT2D eigenvalue weighted by Gasteiger charge is 2.20. The maximum atomic E-state index is 12.8. The van der Waals surface area contributed by atoms with Gasteiger partial charge in [0, 0.05) is 13.1 Å². The molecule has 0 aliphatic heterocycles. The number of amides is 1. The van der Waals surface area contributed by atoms with Crippen LogP contribution in [0.5, 0.6) is 11.5 Å². The number of ether oxygens (including phenoxy) is 1. The molecule has 0 bridgehead atoms. The van der Waals surface area contributed by atoms with Gasteiger partial charge in [-0.2, -0.15) is 0 Å². The topological polar surface area (TPSA) is 139 Å². The summed E-state index contributed by atoms with van der Waals surface area (Å²) in [6.45, 7) is 1.20. The van der Waals surface area contributed by atoms with Crippen molar-refractivity contribution in [2.24, 2.45) is 5.73 Å². The predicted octanol–water partition coefficient (Wildman–Crippen LogP) is 2.03. The van der Waals surface area contributed by atoms with Crippen LogP contribution in [0.1, 0.15) is 22.0 Å². The van der Waals surface area contributed by atoms with E-state index in [1.807, 2.05) is 30.3 Å².